The van der Waals surface area contributed by atoms with Gasteiger partial charge in [0.1, 0.15) is 0 Å². The maximum absolute atomic E-state index is 2.51. The van der Waals surface area contributed by atoms with Gasteiger partial charge in [0.15, 0.2) is 0 Å². The molecule has 0 aromatic rings. The van der Waals surface area contributed by atoms with Crippen LogP contribution in [-0.4, -0.2) is 28.3 Å². The standard InChI is InChI=1S/3C10H18.2Al/c3*1-5-10(4)8-6-7-9(2)3;;/h3*7,10H,1,4-6,8H2,2-3H3;;. The molecule has 2 rings (SSSR count). The predicted molar refractivity (Wildman–Crippen MR) is 151 cm³/mol. The van der Waals surface area contributed by atoms with Gasteiger partial charge < -0.3 is 0 Å². The molecule has 0 radical (unpaired) electrons. The first-order valence-electron chi connectivity index (χ1n) is 14.2. The number of allylic oxidation sites excluding steroid dienone is 6. The quantitative estimate of drug-likeness (QED) is 0.176. The van der Waals surface area contributed by atoms with Gasteiger partial charge in [-0.3, -0.25) is 0 Å². The molecule has 2 heteroatoms. The molecule has 0 saturated carbocycles. The van der Waals surface area contributed by atoms with E-state index in [2.05, 4.69) is 59.8 Å². The summed E-state index contributed by atoms with van der Waals surface area (Å²) >= 11 is -0.895. The topological polar surface area (TPSA) is 0 Å². The summed E-state index contributed by atoms with van der Waals surface area (Å²) in [5.41, 5.74) is 4.53. The first kappa shape index (κ1) is 28.5. The maximum Gasteiger partial charge on any atom is 0.262 e. The predicted octanol–water partition coefficient (Wildman–Crippen LogP) is 10.3. The van der Waals surface area contributed by atoms with Crippen molar-refractivity contribution in [1.29, 1.82) is 0 Å². The average molecular weight is 469 g/mol. The molecule has 2 aliphatic heterocycles. The Hall–Kier alpha value is 0.285. The van der Waals surface area contributed by atoms with Gasteiger partial charge in [0.2, 0.25) is 0 Å². The zero-order valence-corrected chi connectivity index (χ0v) is 25.0. The Morgan fingerprint density at radius 1 is 0.688 bits per heavy atom. The van der Waals surface area contributed by atoms with Crippen LogP contribution in [0.3, 0.4) is 0 Å². The van der Waals surface area contributed by atoms with Gasteiger partial charge in [-0.25, -0.2) is 0 Å². The van der Waals surface area contributed by atoms with Crippen LogP contribution in [-0.2, 0) is 0 Å². The SMILES string of the molecule is CC(C)=CCCC1C[CH2][Al]([CH2]CC(CCC=C(C)C)[CH2][Al]2[CH2]CC(CCC=C(C)C)[CH2]2)[CH2]1. The van der Waals surface area contributed by atoms with Crippen molar-refractivity contribution in [1.82, 2.24) is 0 Å². The molecular weight excluding hydrogens is 414 g/mol. The van der Waals surface area contributed by atoms with E-state index >= 15 is 0 Å². The molecule has 2 saturated heterocycles. The highest BCUT2D eigenvalue weighted by Gasteiger charge is 2.33. The fourth-order valence-electron chi connectivity index (χ4n) is 6.50. The molecule has 3 atom stereocenters. The monoisotopic (exact) mass is 468 g/mol. The van der Waals surface area contributed by atoms with E-state index in [1.54, 1.807) is 51.0 Å². The van der Waals surface area contributed by atoms with Crippen molar-refractivity contribution in [3.8, 4) is 0 Å². The summed E-state index contributed by atoms with van der Waals surface area (Å²) in [6.07, 6.45) is 20.6. The Labute approximate surface area is 211 Å². The smallest absolute Gasteiger partial charge is 0.0936 e. The summed E-state index contributed by atoms with van der Waals surface area (Å²) in [6, 6.07) is 0. The lowest BCUT2D eigenvalue weighted by Crippen LogP contribution is -2.17. The van der Waals surface area contributed by atoms with E-state index in [-0.39, 0.29) is 0 Å². The van der Waals surface area contributed by atoms with Crippen LogP contribution in [0.15, 0.2) is 34.9 Å². The molecule has 32 heavy (non-hydrogen) atoms. The first-order chi connectivity index (χ1) is 15.3. The van der Waals surface area contributed by atoms with E-state index in [0.29, 0.717) is 0 Å². The Morgan fingerprint density at radius 3 is 1.75 bits per heavy atom. The lowest BCUT2D eigenvalue weighted by molar-refractivity contribution is 0.511. The third-order valence-electron chi connectivity index (χ3n) is 8.33. The minimum absolute atomic E-state index is 0.428. The minimum Gasteiger partial charge on any atom is -0.0936 e. The van der Waals surface area contributed by atoms with Crippen LogP contribution in [0.1, 0.15) is 99.3 Å². The lowest BCUT2D eigenvalue weighted by atomic mass is 10.0. The molecule has 0 N–H and O–H groups in total. The Morgan fingerprint density at radius 2 is 1.19 bits per heavy atom. The molecule has 0 aromatic carbocycles. The molecule has 0 nitrogen and oxygen atoms in total. The van der Waals surface area contributed by atoms with E-state index in [0.717, 1.165) is 17.8 Å². The molecule has 0 bridgehead atoms. The Kier molecular flexibility index (Phi) is 14.3. The van der Waals surface area contributed by atoms with Crippen LogP contribution < -0.4 is 0 Å². The highest BCUT2D eigenvalue weighted by molar-refractivity contribution is 6.60. The van der Waals surface area contributed by atoms with E-state index in [1.807, 2.05) is 0 Å². The van der Waals surface area contributed by atoms with Crippen LogP contribution in [0, 0.1) is 17.8 Å². The summed E-state index contributed by atoms with van der Waals surface area (Å²) in [7, 11) is 0. The van der Waals surface area contributed by atoms with Gasteiger partial charge in [0.25, 0.3) is 28.3 Å². The largest absolute Gasteiger partial charge is 0.262 e. The van der Waals surface area contributed by atoms with Gasteiger partial charge in [0, 0.05) is 0 Å². The van der Waals surface area contributed by atoms with E-state index in [4.69, 9.17) is 0 Å². The van der Waals surface area contributed by atoms with Gasteiger partial charge in [-0.05, 0) is 80.1 Å². The second-order valence-electron chi connectivity index (χ2n) is 12.3. The molecular formula is C30H54Al2. The highest BCUT2D eigenvalue weighted by Crippen LogP contribution is 2.38. The zero-order valence-electron chi connectivity index (χ0n) is 22.7. The van der Waals surface area contributed by atoms with E-state index in [9.17, 15) is 0 Å². The van der Waals surface area contributed by atoms with Crippen molar-refractivity contribution < 1.29 is 0 Å². The number of hydrogen-bond donors (Lipinski definition) is 0. The summed E-state index contributed by atoms with van der Waals surface area (Å²) in [5.74, 6) is 3.22. The van der Waals surface area contributed by atoms with Crippen molar-refractivity contribution in [3.05, 3.63) is 34.9 Å². The molecule has 2 heterocycles. The summed E-state index contributed by atoms with van der Waals surface area (Å²) in [6.45, 7) is 13.6. The summed E-state index contributed by atoms with van der Waals surface area (Å²) in [5, 5.41) is 10.0. The molecule has 2 aliphatic rings. The second-order valence-corrected chi connectivity index (χ2v) is 19.0. The van der Waals surface area contributed by atoms with Crippen molar-refractivity contribution >= 4 is 28.3 Å². The third kappa shape index (κ3) is 12.7. The molecule has 0 aliphatic carbocycles. The number of rotatable bonds is 14. The third-order valence-corrected chi connectivity index (χ3v) is 15.8. The van der Waals surface area contributed by atoms with Gasteiger partial charge in [0.05, 0.1) is 0 Å². The molecule has 0 aromatic heterocycles. The van der Waals surface area contributed by atoms with Gasteiger partial charge in [-0.2, -0.15) is 0 Å². The van der Waals surface area contributed by atoms with Crippen LogP contribution >= 0.6 is 0 Å². The normalized spacial score (nSPS) is 21.6. The molecule has 0 spiro atoms. The summed E-state index contributed by atoms with van der Waals surface area (Å²) < 4.78 is 0. The van der Waals surface area contributed by atoms with E-state index < -0.39 is 28.3 Å². The fourth-order valence-corrected chi connectivity index (χ4v) is 15.0. The maximum atomic E-state index is 2.51. The van der Waals surface area contributed by atoms with Crippen molar-refractivity contribution in [3.63, 3.8) is 0 Å². The minimum atomic E-state index is -0.467. The molecule has 3 unspecified atom stereocenters. The van der Waals surface area contributed by atoms with Crippen LogP contribution in [0.25, 0.3) is 0 Å². The summed E-state index contributed by atoms with van der Waals surface area (Å²) in [4.78, 5) is 0. The number of hydrogen-bond acceptors (Lipinski definition) is 0. The average Bonchev–Trinajstić information content (AvgIpc) is 3.34. The van der Waals surface area contributed by atoms with Crippen molar-refractivity contribution in [2.75, 3.05) is 0 Å². The fraction of sp³-hybridized carbons (Fsp3) is 0.800. The van der Waals surface area contributed by atoms with Crippen LogP contribution in [0.4, 0.5) is 0 Å². The molecule has 2 fully saturated rings. The van der Waals surface area contributed by atoms with E-state index in [1.165, 1.54) is 55.2 Å². The Bertz CT molecular complexity index is 602. The second kappa shape index (κ2) is 16.0. The molecule has 0 amide bonds. The van der Waals surface area contributed by atoms with Gasteiger partial charge in [-0.15, -0.1) is 0 Å². The zero-order chi connectivity index (χ0) is 23.3. The highest BCUT2D eigenvalue weighted by atomic mass is 27.2. The van der Waals surface area contributed by atoms with Gasteiger partial charge in [-0.1, -0.05) is 104 Å². The van der Waals surface area contributed by atoms with Crippen molar-refractivity contribution in [2.24, 2.45) is 17.8 Å². The molecule has 180 valence electrons. The lowest BCUT2D eigenvalue weighted by Gasteiger charge is -2.20. The first-order valence-corrected chi connectivity index (χ1v) is 19.1. The Balaban J connectivity index is 1.76. The van der Waals surface area contributed by atoms with Crippen LogP contribution in [0.2, 0.25) is 31.7 Å². The van der Waals surface area contributed by atoms with Gasteiger partial charge >= 0.3 is 0 Å². The van der Waals surface area contributed by atoms with Crippen molar-refractivity contribution in [2.45, 2.75) is 131 Å². The van der Waals surface area contributed by atoms with Crippen LogP contribution in [0.5, 0.6) is 0 Å².